The number of hydrogen-bond donors (Lipinski definition) is 7. The molecule has 9 atom stereocenters. The molecule has 1 aliphatic rings. The maximum absolute atomic E-state index is 12.8. The highest BCUT2D eigenvalue weighted by atomic mass is 31.2. The number of carbonyl (C=O) groups excluding carboxylic acids is 2. The number of esters is 2. The third-order valence-electron chi connectivity index (χ3n) is 10.0. The summed E-state index contributed by atoms with van der Waals surface area (Å²) in [5, 5.41) is 60.0. The molecule has 0 heterocycles. The molecule has 0 aromatic rings. The number of phosphoric acid groups is 1. The van der Waals surface area contributed by atoms with E-state index in [2.05, 4.69) is 50.3 Å². The topological polar surface area (TPSA) is 230 Å². The number of aliphatic hydroxyl groups is 6. The second kappa shape index (κ2) is 37.9. The fraction of sp³-hybridized carbons (Fsp3) is 0.633. The molecule has 0 amide bonds. The molecule has 1 aliphatic carbocycles. The van der Waals surface area contributed by atoms with Crippen molar-refractivity contribution in [2.45, 2.75) is 185 Å². The van der Waals surface area contributed by atoms with Gasteiger partial charge in [-0.05, 0) is 77.0 Å². The van der Waals surface area contributed by atoms with Crippen LogP contribution in [0.3, 0.4) is 0 Å². The monoisotopic (exact) mass is 923 g/mol. The SMILES string of the molecule is CC/C=C\CC(O)/C=C/C=C/C/C=C\C/C=C\C/C=C\CCC(=O)OC[C@H](COP(=O)(O)OC1[C@H](O)[C@H](O)C(O)[C@H](O)[C@H]1O)OC(=O)CCCCCCC/C=C\C/C=C\CCCCC. The maximum atomic E-state index is 12.8. The minimum absolute atomic E-state index is 0.0174. The van der Waals surface area contributed by atoms with E-state index in [9.17, 15) is 49.7 Å². The predicted molar refractivity (Wildman–Crippen MR) is 250 cm³/mol. The third-order valence-corrected chi connectivity index (χ3v) is 11.0. The molecular weight excluding hydrogens is 843 g/mol. The summed E-state index contributed by atoms with van der Waals surface area (Å²) in [6, 6.07) is 0. The van der Waals surface area contributed by atoms with Crippen molar-refractivity contribution in [2.75, 3.05) is 13.2 Å². The van der Waals surface area contributed by atoms with Crippen LogP contribution in [0.25, 0.3) is 0 Å². The number of ether oxygens (including phenoxy) is 2. The second-order valence-corrected chi connectivity index (χ2v) is 17.1. The van der Waals surface area contributed by atoms with E-state index >= 15 is 0 Å². The van der Waals surface area contributed by atoms with E-state index < -0.39 is 81.8 Å². The van der Waals surface area contributed by atoms with Gasteiger partial charge in [-0.1, -0.05) is 143 Å². The zero-order chi connectivity index (χ0) is 47.3. The van der Waals surface area contributed by atoms with Crippen LogP contribution in [0, 0.1) is 0 Å². The molecule has 0 radical (unpaired) electrons. The van der Waals surface area contributed by atoms with Crippen LogP contribution in [0.2, 0.25) is 0 Å². The second-order valence-electron chi connectivity index (χ2n) is 15.7. The van der Waals surface area contributed by atoms with Crippen molar-refractivity contribution in [2.24, 2.45) is 0 Å². The Labute approximate surface area is 382 Å². The maximum Gasteiger partial charge on any atom is 0.472 e. The molecule has 1 saturated carbocycles. The van der Waals surface area contributed by atoms with Crippen molar-refractivity contribution in [1.29, 1.82) is 0 Å². The van der Waals surface area contributed by atoms with Gasteiger partial charge >= 0.3 is 19.8 Å². The van der Waals surface area contributed by atoms with Crippen molar-refractivity contribution >= 4 is 19.8 Å². The Morgan fingerprint density at radius 3 is 1.72 bits per heavy atom. The molecule has 64 heavy (non-hydrogen) atoms. The van der Waals surface area contributed by atoms with Gasteiger partial charge in [0.05, 0.1) is 12.7 Å². The first-order chi connectivity index (χ1) is 30.8. The number of allylic oxidation sites excluding steroid dienone is 14. The minimum atomic E-state index is -5.15. The van der Waals surface area contributed by atoms with Gasteiger partial charge in [0.2, 0.25) is 0 Å². The number of aliphatic hydroxyl groups excluding tert-OH is 6. The molecule has 364 valence electrons. The Morgan fingerprint density at radius 2 is 1.11 bits per heavy atom. The van der Waals surface area contributed by atoms with Crippen molar-refractivity contribution < 1.29 is 68.2 Å². The van der Waals surface area contributed by atoms with Gasteiger partial charge in [-0.3, -0.25) is 18.6 Å². The lowest BCUT2D eigenvalue weighted by atomic mass is 9.85. The molecule has 0 aromatic carbocycles. The van der Waals surface area contributed by atoms with Crippen LogP contribution in [0.5, 0.6) is 0 Å². The molecule has 1 fully saturated rings. The van der Waals surface area contributed by atoms with E-state index in [1.54, 1.807) is 6.08 Å². The average Bonchev–Trinajstić information content (AvgIpc) is 3.27. The van der Waals surface area contributed by atoms with Crippen LogP contribution >= 0.6 is 7.82 Å². The summed E-state index contributed by atoms with van der Waals surface area (Å²) in [5.74, 6) is -1.25. The van der Waals surface area contributed by atoms with E-state index in [1.165, 1.54) is 19.3 Å². The van der Waals surface area contributed by atoms with Crippen LogP contribution < -0.4 is 0 Å². The molecule has 0 saturated heterocycles. The van der Waals surface area contributed by atoms with Gasteiger partial charge < -0.3 is 45.0 Å². The van der Waals surface area contributed by atoms with Crippen molar-refractivity contribution in [3.8, 4) is 0 Å². The molecule has 1 rings (SSSR count). The van der Waals surface area contributed by atoms with Crippen molar-refractivity contribution in [1.82, 2.24) is 0 Å². The highest BCUT2D eigenvalue weighted by molar-refractivity contribution is 7.47. The Bertz CT molecular complexity index is 1500. The van der Waals surface area contributed by atoms with E-state index in [1.807, 2.05) is 54.7 Å². The molecule has 0 bridgehead atoms. The molecule has 0 aliphatic heterocycles. The lowest BCUT2D eigenvalue weighted by molar-refractivity contribution is -0.220. The first-order valence-corrected chi connectivity index (χ1v) is 24.6. The van der Waals surface area contributed by atoms with Gasteiger partial charge in [-0.2, -0.15) is 0 Å². The van der Waals surface area contributed by atoms with E-state index in [4.69, 9.17) is 18.5 Å². The van der Waals surface area contributed by atoms with Gasteiger partial charge in [0.25, 0.3) is 0 Å². The highest BCUT2D eigenvalue weighted by Gasteiger charge is 2.51. The summed E-state index contributed by atoms with van der Waals surface area (Å²) in [7, 11) is -5.15. The number of phosphoric ester groups is 1. The van der Waals surface area contributed by atoms with Gasteiger partial charge in [-0.25, -0.2) is 4.57 Å². The lowest BCUT2D eigenvalue weighted by Gasteiger charge is -2.41. The number of rotatable bonds is 36. The van der Waals surface area contributed by atoms with Gasteiger partial charge in [-0.15, -0.1) is 0 Å². The fourth-order valence-corrected chi connectivity index (χ4v) is 7.22. The number of hydrogen-bond acceptors (Lipinski definition) is 13. The lowest BCUT2D eigenvalue weighted by Crippen LogP contribution is -2.64. The molecular formula is C49H79O14P. The van der Waals surface area contributed by atoms with E-state index in [-0.39, 0.29) is 12.8 Å². The standard InChI is InChI=1S/C49H79O14P/c1-3-5-7-8-9-10-11-12-13-16-20-23-26-29-33-37-43(52)62-41(39-61-64(58,59)63-49-47(56)45(54)44(53)46(55)48(49)57)38-60-42(51)36-32-28-25-22-19-17-14-15-18-21-24-27-31-35-40(50)34-30-6-4-2/h6,9-10,12-13,15,17-19,24-25,27-28,30-31,35,40-41,44-50,53-57H,3-5,7-8,11,14,16,20-23,26,29,32-34,36-39H2,1-2H3,(H,58,59)/b10-9-,13-12-,18-15-,19-17-,27-24+,28-25-,30-6-,35-31+/t40?,41-,44?,45-,46+,47-,48-,49?/m1/s1. The van der Waals surface area contributed by atoms with Crippen molar-refractivity contribution in [3.05, 3.63) is 97.2 Å². The van der Waals surface area contributed by atoms with Crippen LogP contribution in [0.1, 0.15) is 136 Å². The molecule has 4 unspecified atom stereocenters. The van der Waals surface area contributed by atoms with Gasteiger partial charge in [0, 0.05) is 12.8 Å². The normalized spacial score (nSPS) is 23.0. The van der Waals surface area contributed by atoms with E-state index in [0.717, 1.165) is 64.2 Å². The number of unbranched alkanes of at least 4 members (excludes halogenated alkanes) is 8. The Morgan fingerprint density at radius 1 is 0.578 bits per heavy atom. The molecule has 14 nitrogen and oxygen atoms in total. The third kappa shape index (κ3) is 30.0. The zero-order valence-electron chi connectivity index (χ0n) is 38.1. The summed E-state index contributed by atoms with van der Waals surface area (Å²) in [6.45, 7) is 2.97. The Kier molecular flexibility index (Phi) is 34.8. The Hall–Kier alpha value is -3.27. The summed E-state index contributed by atoms with van der Waals surface area (Å²) < 4.78 is 33.4. The molecule has 0 aromatic heterocycles. The average molecular weight is 923 g/mol. The van der Waals surface area contributed by atoms with Crippen molar-refractivity contribution in [3.63, 3.8) is 0 Å². The largest absolute Gasteiger partial charge is 0.472 e. The van der Waals surface area contributed by atoms with Crippen LogP contribution in [0.15, 0.2) is 97.2 Å². The predicted octanol–water partition coefficient (Wildman–Crippen LogP) is 8.02. The molecule has 0 spiro atoms. The molecule has 7 N–H and O–H groups in total. The summed E-state index contributed by atoms with van der Waals surface area (Å²) in [6.07, 6.45) is 33.7. The van der Waals surface area contributed by atoms with E-state index in [0.29, 0.717) is 25.7 Å². The Balaban J connectivity index is 2.54. The minimum Gasteiger partial charge on any atom is -0.462 e. The van der Waals surface area contributed by atoms with Gasteiger partial charge in [0.1, 0.15) is 43.2 Å². The summed E-state index contributed by atoms with van der Waals surface area (Å²) in [4.78, 5) is 35.7. The first-order valence-electron chi connectivity index (χ1n) is 23.1. The molecule has 15 heteroatoms. The smallest absolute Gasteiger partial charge is 0.462 e. The summed E-state index contributed by atoms with van der Waals surface area (Å²) >= 11 is 0. The zero-order valence-corrected chi connectivity index (χ0v) is 39.0. The van der Waals surface area contributed by atoms with Gasteiger partial charge in [0.15, 0.2) is 6.10 Å². The summed E-state index contributed by atoms with van der Waals surface area (Å²) in [5.41, 5.74) is 0. The first kappa shape index (κ1) is 58.7. The highest BCUT2D eigenvalue weighted by Crippen LogP contribution is 2.47. The van der Waals surface area contributed by atoms with Crippen LogP contribution in [-0.2, 0) is 32.7 Å². The quantitative estimate of drug-likeness (QED) is 0.0104. The fourth-order valence-electron chi connectivity index (χ4n) is 6.25. The van der Waals surface area contributed by atoms with Crippen LogP contribution in [0.4, 0.5) is 0 Å². The number of carbonyl (C=O) groups is 2. The van der Waals surface area contributed by atoms with Crippen LogP contribution in [-0.4, -0.2) is 110 Å².